The van der Waals surface area contributed by atoms with Crippen molar-refractivity contribution in [3.8, 4) is 11.4 Å². The maximum Gasteiger partial charge on any atom is 0.416 e. The van der Waals surface area contributed by atoms with Crippen molar-refractivity contribution < 1.29 is 23.1 Å². The van der Waals surface area contributed by atoms with Crippen molar-refractivity contribution in [2.45, 2.75) is 13.1 Å². The highest BCUT2D eigenvalue weighted by Gasteiger charge is 2.30. The second-order valence-corrected chi connectivity index (χ2v) is 7.16. The number of carbonyl (C=O) groups is 1. The van der Waals surface area contributed by atoms with Crippen LogP contribution in [0, 0.1) is 6.92 Å². The molecular weight excluding hydrogens is 423 g/mol. The molecule has 0 atom stereocenters. The number of amides is 1. The Morgan fingerprint density at radius 1 is 1.06 bits per heavy atom. The number of halogens is 3. The Bertz CT molecular complexity index is 1410. The van der Waals surface area contributed by atoms with Crippen molar-refractivity contribution in [1.29, 1.82) is 0 Å². The van der Waals surface area contributed by atoms with Gasteiger partial charge in [0, 0.05) is 11.3 Å². The van der Waals surface area contributed by atoms with Gasteiger partial charge in [0.2, 0.25) is 0 Å². The lowest BCUT2D eigenvalue weighted by Crippen LogP contribution is -2.20. The number of fused-ring (bicyclic) bond motifs is 1. The molecule has 0 saturated carbocycles. The summed E-state index contributed by atoms with van der Waals surface area (Å²) in [5, 5.41) is 12.5. The standard InChI is InChI=1S/C23H16F3N3O3/c1-13-5-6-16(28-21(31)14-3-2-4-15(9-14)23(24,25)26)10-20(13)29-12-27-19-8-7-17(30)11-18(19)22(29)32/h2-12,30H,1H3,(H,28,31). The maximum atomic E-state index is 12.9. The number of nitrogens with zero attached hydrogens (tertiary/aromatic N) is 2. The quantitative estimate of drug-likeness (QED) is 0.486. The molecule has 1 aromatic heterocycles. The Kier molecular flexibility index (Phi) is 5.17. The van der Waals surface area contributed by atoms with Gasteiger partial charge in [0.1, 0.15) is 12.1 Å². The third kappa shape index (κ3) is 4.04. The van der Waals surface area contributed by atoms with Crippen LogP contribution in [-0.4, -0.2) is 20.6 Å². The number of aromatic nitrogens is 2. The number of nitrogens with one attached hydrogen (secondary N) is 1. The topological polar surface area (TPSA) is 84.2 Å². The number of benzene rings is 3. The molecule has 3 aromatic carbocycles. The normalized spacial score (nSPS) is 11.5. The van der Waals surface area contributed by atoms with E-state index in [1.165, 1.54) is 41.2 Å². The lowest BCUT2D eigenvalue weighted by Gasteiger charge is -2.13. The minimum atomic E-state index is -4.56. The zero-order valence-corrected chi connectivity index (χ0v) is 16.6. The van der Waals surface area contributed by atoms with Gasteiger partial charge >= 0.3 is 6.18 Å². The first-order chi connectivity index (χ1) is 15.1. The Morgan fingerprint density at radius 3 is 2.59 bits per heavy atom. The molecule has 1 heterocycles. The zero-order chi connectivity index (χ0) is 23.0. The fourth-order valence-electron chi connectivity index (χ4n) is 3.27. The number of carbonyl (C=O) groups excluding carboxylic acids is 1. The van der Waals surface area contributed by atoms with E-state index >= 15 is 0 Å². The van der Waals surface area contributed by atoms with E-state index in [9.17, 15) is 27.9 Å². The number of alkyl halides is 3. The summed E-state index contributed by atoms with van der Waals surface area (Å²) in [5.41, 5.74) is 0.329. The first-order valence-electron chi connectivity index (χ1n) is 9.43. The largest absolute Gasteiger partial charge is 0.508 e. The van der Waals surface area contributed by atoms with E-state index in [2.05, 4.69) is 10.3 Å². The SMILES string of the molecule is Cc1ccc(NC(=O)c2cccc(C(F)(F)F)c2)cc1-n1cnc2ccc(O)cc2c1=O. The van der Waals surface area contributed by atoms with E-state index in [-0.39, 0.29) is 22.4 Å². The molecule has 0 fully saturated rings. The minimum absolute atomic E-state index is 0.0760. The molecular formula is C23H16F3N3O3. The van der Waals surface area contributed by atoms with Crippen molar-refractivity contribution >= 4 is 22.5 Å². The van der Waals surface area contributed by atoms with Crippen LogP contribution in [0.2, 0.25) is 0 Å². The van der Waals surface area contributed by atoms with Crippen molar-refractivity contribution in [2.24, 2.45) is 0 Å². The first-order valence-corrected chi connectivity index (χ1v) is 9.43. The van der Waals surface area contributed by atoms with Gasteiger partial charge in [-0.3, -0.25) is 14.2 Å². The van der Waals surface area contributed by atoms with E-state index < -0.39 is 23.2 Å². The number of aryl methyl sites for hydroxylation is 1. The lowest BCUT2D eigenvalue weighted by atomic mass is 10.1. The van der Waals surface area contributed by atoms with E-state index in [4.69, 9.17) is 0 Å². The fraction of sp³-hybridized carbons (Fsp3) is 0.0870. The number of phenols is 1. The van der Waals surface area contributed by atoms with Crippen LogP contribution in [0.4, 0.5) is 18.9 Å². The molecule has 0 unspecified atom stereocenters. The number of aromatic hydroxyl groups is 1. The number of hydrogen-bond acceptors (Lipinski definition) is 4. The zero-order valence-electron chi connectivity index (χ0n) is 16.6. The van der Waals surface area contributed by atoms with E-state index in [0.717, 1.165) is 18.2 Å². The highest BCUT2D eigenvalue weighted by Crippen LogP contribution is 2.30. The fourth-order valence-corrected chi connectivity index (χ4v) is 3.27. The van der Waals surface area contributed by atoms with E-state index in [1.54, 1.807) is 19.1 Å². The minimum Gasteiger partial charge on any atom is -0.508 e. The smallest absolute Gasteiger partial charge is 0.416 e. The van der Waals surface area contributed by atoms with Crippen LogP contribution in [0.5, 0.6) is 5.75 Å². The predicted molar refractivity (Wildman–Crippen MR) is 113 cm³/mol. The van der Waals surface area contributed by atoms with Crippen molar-refractivity contribution in [2.75, 3.05) is 5.32 Å². The van der Waals surface area contributed by atoms with Crippen LogP contribution in [-0.2, 0) is 6.18 Å². The van der Waals surface area contributed by atoms with Crippen molar-refractivity contribution in [3.63, 3.8) is 0 Å². The summed E-state index contributed by atoms with van der Waals surface area (Å²) >= 11 is 0. The van der Waals surface area contributed by atoms with Crippen molar-refractivity contribution in [1.82, 2.24) is 9.55 Å². The molecule has 1 amide bonds. The molecule has 0 radical (unpaired) electrons. The molecule has 0 saturated heterocycles. The van der Waals surface area contributed by atoms with Crippen LogP contribution in [0.3, 0.4) is 0 Å². The van der Waals surface area contributed by atoms with Gasteiger partial charge in [-0.1, -0.05) is 12.1 Å². The third-order valence-electron chi connectivity index (χ3n) is 4.92. The summed E-state index contributed by atoms with van der Waals surface area (Å²) in [7, 11) is 0. The summed E-state index contributed by atoms with van der Waals surface area (Å²) < 4.78 is 40.1. The molecule has 0 bridgehead atoms. The Labute approximate surface area is 179 Å². The van der Waals surface area contributed by atoms with E-state index in [1.807, 2.05) is 0 Å². The summed E-state index contributed by atoms with van der Waals surface area (Å²) in [6.07, 6.45) is -3.23. The Balaban J connectivity index is 1.70. The average molecular weight is 439 g/mol. The van der Waals surface area contributed by atoms with Crippen LogP contribution < -0.4 is 10.9 Å². The van der Waals surface area contributed by atoms with Crippen LogP contribution >= 0.6 is 0 Å². The predicted octanol–water partition coefficient (Wildman–Crippen LogP) is 4.67. The first kappa shape index (κ1) is 21.1. The molecule has 0 aliphatic rings. The summed E-state index contributed by atoms with van der Waals surface area (Å²) in [6.45, 7) is 1.76. The molecule has 162 valence electrons. The molecule has 0 spiro atoms. The maximum absolute atomic E-state index is 12.9. The van der Waals surface area contributed by atoms with Crippen LogP contribution in [0.1, 0.15) is 21.5 Å². The second kappa shape index (κ2) is 7.84. The highest BCUT2D eigenvalue weighted by atomic mass is 19.4. The van der Waals surface area contributed by atoms with Gasteiger partial charge in [-0.2, -0.15) is 13.2 Å². The molecule has 6 nitrogen and oxygen atoms in total. The summed E-state index contributed by atoms with van der Waals surface area (Å²) in [6, 6.07) is 13.1. The van der Waals surface area contributed by atoms with Gasteiger partial charge in [0.15, 0.2) is 0 Å². The highest BCUT2D eigenvalue weighted by molar-refractivity contribution is 6.04. The van der Waals surface area contributed by atoms with Crippen LogP contribution in [0.25, 0.3) is 16.6 Å². The average Bonchev–Trinajstić information content (AvgIpc) is 2.75. The van der Waals surface area contributed by atoms with Crippen molar-refractivity contribution in [3.05, 3.63) is 94.0 Å². The Morgan fingerprint density at radius 2 is 1.84 bits per heavy atom. The molecule has 0 aliphatic carbocycles. The molecule has 2 N–H and O–H groups in total. The number of anilines is 1. The summed E-state index contributed by atoms with van der Waals surface area (Å²) in [4.78, 5) is 29.7. The van der Waals surface area contributed by atoms with Gasteiger partial charge in [-0.05, 0) is 61.0 Å². The number of rotatable bonds is 3. The third-order valence-corrected chi connectivity index (χ3v) is 4.92. The lowest BCUT2D eigenvalue weighted by molar-refractivity contribution is -0.137. The second-order valence-electron chi connectivity index (χ2n) is 7.16. The van der Waals surface area contributed by atoms with Gasteiger partial charge in [0.05, 0.1) is 22.2 Å². The summed E-state index contributed by atoms with van der Waals surface area (Å²) in [5.74, 6) is -0.798. The molecule has 4 aromatic rings. The van der Waals surface area contributed by atoms with Gasteiger partial charge in [-0.25, -0.2) is 4.98 Å². The molecule has 4 rings (SSSR count). The number of hydrogen-bond donors (Lipinski definition) is 2. The molecule has 0 aliphatic heterocycles. The number of phenolic OH excluding ortho intramolecular Hbond substituents is 1. The van der Waals surface area contributed by atoms with Crippen LogP contribution in [0.15, 0.2) is 71.8 Å². The van der Waals surface area contributed by atoms with Gasteiger partial charge < -0.3 is 10.4 Å². The molecule has 9 heteroatoms. The Hall–Kier alpha value is -4.14. The van der Waals surface area contributed by atoms with E-state index in [0.29, 0.717) is 16.8 Å². The molecule has 32 heavy (non-hydrogen) atoms. The monoisotopic (exact) mass is 439 g/mol. The van der Waals surface area contributed by atoms with Gasteiger partial charge in [-0.15, -0.1) is 0 Å². The van der Waals surface area contributed by atoms with Gasteiger partial charge in [0.25, 0.3) is 11.5 Å².